The molecule has 1 aliphatic heterocycles. The van der Waals surface area contributed by atoms with Gasteiger partial charge in [-0.25, -0.2) is 0 Å². The molecule has 0 amide bonds. The van der Waals surface area contributed by atoms with E-state index in [0.29, 0.717) is 28.3 Å². The molecule has 0 bridgehead atoms. The Kier molecular flexibility index (Phi) is 5.34. The van der Waals surface area contributed by atoms with Gasteiger partial charge in [0.05, 0.1) is 19.9 Å². The number of rotatable bonds is 5. The smallest absolute Gasteiger partial charge is 0.180 e. The highest BCUT2D eigenvalue weighted by Crippen LogP contribution is 2.47. The molecule has 1 heterocycles. The van der Waals surface area contributed by atoms with Gasteiger partial charge >= 0.3 is 0 Å². The molecule has 0 N–H and O–H groups in total. The minimum Gasteiger partial charge on any atom is -0.493 e. The van der Waals surface area contributed by atoms with E-state index < -0.39 is 12.0 Å². The molecule has 0 fully saturated rings. The number of carbonyl (C=O) groups excluding carboxylic acids is 2. The topological polar surface area (TPSA) is 77.3 Å². The zero-order valence-corrected chi connectivity index (χ0v) is 18.3. The molecule has 3 aromatic carbocycles. The second-order valence-electron chi connectivity index (χ2n) is 7.98. The first-order chi connectivity index (χ1) is 16.1. The number of Topliss-reactive ketones (excluding diaryl/α,β-unsaturated/α-hetero) is 2. The van der Waals surface area contributed by atoms with E-state index in [1.165, 1.54) is 0 Å². The molecular formula is C27H22N2O4. The summed E-state index contributed by atoms with van der Waals surface area (Å²) in [5.74, 6) is -0.491. The molecule has 0 saturated carbocycles. The fourth-order valence-corrected chi connectivity index (χ4v) is 4.63. The maximum Gasteiger partial charge on any atom is 0.180 e. The van der Waals surface area contributed by atoms with Gasteiger partial charge in [-0.05, 0) is 17.7 Å². The first-order valence-electron chi connectivity index (χ1n) is 10.7. The van der Waals surface area contributed by atoms with Gasteiger partial charge in [-0.1, -0.05) is 66.7 Å². The summed E-state index contributed by atoms with van der Waals surface area (Å²) in [6, 6.07) is 22.0. The third kappa shape index (κ3) is 3.44. The van der Waals surface area contributed by atoms with E-state index in [2.05, 4.69) is 10.2 Å². The van der Waals surface area contributed by atoms with Crippen LogP contribution in [0.1, 0.15) is 43.8 Å². The Labute approximate surface area is 191 Å². The van der Waals surface area contributed by atoms with Gasteiger partial charge in [0.1, 0.15) is 12.0 Å². The van der Waals surface area contributed by atoms with Gasteiger partial charge in [-0.3, -0.25) is 9.59 Å². The second kappa shape index (κ2) is 8.47. The molecule has 0 spiro atoms. The predicted molar refractivity (Wildman–Crippen MR) is 123 cm³/mol. The Morgan fingerprint density at radius 3 is 2.06 bits per heavy atom. The second-order valence-corrected chi connectivity index (χ2v) is 7.98. The minimum atomic E-state index is -0.967. The van der Waals surface area contributed by atoms with E-state index in [-0.39, 0.29) is 17.5 Å². The van der Waals surface area contributed by atoms with Gasteiger partial charge in [-0.15, -0.1) is 0 Å². The van der Waals surface area contributed by atoms with Crippen LogP contribution in [0.5, 0.6) is 11.5 Å². The number of nitrogens with zero attached hydrogens (tertiary/aromatic N) is 2. The van der Waals surface area contributed by atoms with Crippen molar-refractivity contribution in [3.63, 3.8) is 0 Å². The zero-order chi connectivity index (χ0) is 22.9. The number of benzene rings is 3. The molecule has 6 nitrogen and oxygen atoms in total. The SMILES string of the molecule is COc1cccc(C2N=NC(C3C(=O)c4ccccc4C3=O)=CC2c2ccccc2)c1OC. The Hall–Kier alpha value is -4.06. The summed E-state index contributed by atoms with van der Waals surface area (Å²) in [6.07, 6.45) is 1.90. The monoisotopic (exact) mass is 438 g/mol. The van der Waals surface area contributed by atoms with Crippen LogP contribution in [0.4, 0.5) is 0 Å². The number of carbonyl (C=O) groups is 2. The number of hydrogen-bond donors (Lipinski definition) is 0. The average Bonchev–Trinajstić information content (AvgIpc) is 3.13. The number of azo groups is 1. The highest BCUT2D eigenvalue weighted by molar-refractivity contribution is 6.28. The summed E-state index contributed by atoms with van der Waals surface area (Å²) in [5.41, 5.74) is 3.08. The average molecular weight is 438 g/mol. The van der Waals surface area contributed by atoms with Crippen LogP contribution in [0.25, 0.3) is 0 Å². The lowest BCUT2D eigenvalue weighted by molar-refractivity contribution is 0.0861. The molecule has 2 unspecified atom stereocenters. The lowest BCUT2D eigenvalue weighted by atomic mass is 9.83. The first kappa shape index (κ1) is 20.8. The Balaban J connectivity index is 1.60. The van der Waals surface area contributed by atoms with Gasteiger partial charge in [0.2, 0.25) is 0 Å². The van der Waals surface area contributed by atoms with Crippen LogP contribution < -0.4 is 9.47 Å². The normalized spacial score (nSPS) is 19.9. The maximum atomic E-state index is 13.1. The molecule has 33 heavy (non-hydrogen) atoms. The molecule has 5 rings (SSSR count). The number of ketones is 2. The van der Waals surface area contributed by atoms with Crippen LogP contribution >= 0.6 is 0 Å². The summed E-state index contributed by atoms with van der Waals surface area (Å²) < 4.78 is 11.1. The number of para-hydroxylation sites is 1. The van der Waals surface area contributed by atoms with E-state index in [9.17, 15) is 9.59 Å². The highest BCUT2D eigenvalue weighted by Gasteiger charge is 2.43. The van der Waals surface area contributed by atoms with Crippen LogP contribution in [0, 0.1) is 5.92 Å². The molecule has 1 aliphatic carbocycles. The molecule has 0 saturated heterocycles. The van der Waals surface area contributed by atoms with Gasteiger partial charge < -0.3 is 9.47 Å². The zero-order valence-electron chi connectivity index (χ0n) is 18.3. The van der Waals surface area contributed by atoms with Crippen LogP contribution in [0.3, 0.4) is 0 Å². The lowest BCUT2D eigenvalue weighted by Gasteiger charge is -2.27. The summed E-state index contributed by atoms with van der Waals surface area (Å²) in [7, 11) is 3.18. The van der Waals surface area contributed by atoms with Crippen molar-refractivity contribution in [1.82, 2.24) is 0 Å². The largest absolute Gasteiger partial charge is 0.493 e. The van der Waals surface area contributed by atoms with E-state index in [0.717, 1.165) is 11.1 Å². The van der Waals surface area contributed by atoms with Crippen molar-refractivity contribution in [3.8, 4) is 11.5 Å². The molecule has 164 valence electrons. The molecular weight excluding hydrogens is 416 g/mol. The Bertz CT molecular complexity index is 1260. The number of ether oxygens (including phenoxy) is 2. The van der Waals surface area contributed by atoms with Crippen LogP contribution in [0.2, 0.25) is 0 Å². The van der Waals surface area contributed by atoms with E-state index in [1.54, 1.807) is 38.5 Å². The van der Waals surface area contributed by atoms with Gasteiger partial charge in [0.25, 0.3) is 0 Å². The molecule has 2 aliphatic rings. The quantitative estimate of drug-likeness (QED) is 0.488. The van der Waals surface area contributed by atoms with E-state index in [4.69, 9.17) is 9.47 Å². The fraction of sp³-hybridized carbons (Fsp3) is 0.185. The Morgan fingerprint density at radius 2 is 1.42 bits per heavy atom. The molecule has 6 heteroatoms. The number of methoxy groups -OCH3 is 2. The van der Waals surface area contributed by atoms with Crippen molar-refractivity contribution in [2.45, 2.75) is 12.0 Å². The highest BCUT2D eigenvalue weighted by atomic mass is 16.5. The molecule has 3 aromatic rings. The third-order valence-electron chi connectivity index (χ3n) is 6.20. The number of allylic oxidation sites excluding steroid dienone is 1. The molecule has 0 aromatic heterocycles. The van der Waals surface area contributed by atoms with E-state index >= 15 is 0 Å². The molecule has 2 atom stereocenters. The van der Waals surface area contributed by atoms with Crippen LogP contribution in [-0.4, -0.2) is 25.8 Å². The van der Waals surface area contributed by atoms with Crippen LogP contribution in [-0.2, 0) is 0 Å². The fourth-order valence-electron chi connectivity index (χ4n) is 4.63. The lowest BCUT2D eigenvalue weighted by Crippen LogP contribution is -2.21. The van der Waals surface area contributed by atoms with Crippen molar-refractivity contribution in [3.05, 3.63) is 107 Å². The van der Waals surface area contributed by atoms with Crippen LogP contribution in [0.15, 0.2) is 94.8 Å². The van der Waals surface area contributed by atoms with Gasteiger partial charge in [-0.2, -0.15) is 10.2 Å². The first-order valence-corrected chi connectivity index (χ1v) is 10.7. The van der Waals surface area contributed by atoms with Gasteiger partial charge in [0.15, 0.2) is 23.1 Å². The van der Waals surface area contributed by atoms with Crippen molar-refractivity contribution < 1.29 is 19.1 Å². The van der Waals surface area contributed by atoms with Crippen molar-refractivity contribution in [2.75, 3.05) is 14.2 Å². The predicted octanol–water partition coefficient (Wildman–Crippen LogP) is 5.57. The Morgan fingerprint density at radius 1 is 0.758 bits per heavy atom. The maximum absolute atomic E-state index is 13.1. The number of hydrogen-bond acceptors (Lipinski definition) is 6. The third-order valence-corrected chi connectivity index (χ3v) is 6.20. The van der Waals surface area contributed by atoms with Crippen molar-refractivity contribution in [1.29, 1.82) is 0 Å². The van der Waals surface area contributed by atoms with E-state index in [1.807, 2.05) is 54.6 Å². The molecule has 0 radical (unpaired) electrons. The number of fused-ring (bicyclic) bond motifs is 1. The standard InChI is InChI=1S/C27H22N2O4/c1-32-22-14-8-13-19(27(22)33-2)24-20(16-9-4-3-5-10-16)15-21(28-29-24)23-25(30)17-11-6-7-12-18(17)26(23)31/h3-15,20,23-24H,1-2H3. The summed E-state index contributed by atoms with van der Waals surface area (Å²) >= 11 is 0. The minimum absolute atomic E-state index is 0.231. The summed E-state index contributed by atoms with van der Waals surface area (Å²) in [5, 5.41) is 9.02. The van der Waals surface area contributed by atoms with Gasteiger partial charge in [0, 0.05) is 22.6 Å². The summed E-state index contributed by atoms with van der Waals surface area (Å²) in [6.45, 7) is 0. The van der Waals surface area contributed by atoms with Crippen molar-refractivity contribution in [2.24, 2.45) is 16.1 Å². The summed E-state index contributed by atoms with van der Waals surface area (Å²) in [4.78, 5) is 26.2. The van der Waals surface area contributed by atoms with Crippen molar-refractivity contribution >= 4 is 11.6 Å².